The van der Waals surface area contributed by atoms with E-state index in [1.165, 1.54) is 0 Å². The molecule has 0 aliphatic carbocycles. The van der Waals surface area contributed by atoms with Crippen LogP contribution in [0.3, 0.4) is 0 Å². The predicted molar refractivity (Wildman–Crippen MR) is 85.1 cm³/mol. The maximum atomic E-state index is 5.62. The van der Waals surface area contributed by atoms with E-state index in [4.69, 9.17) is 18.0 Å². The van der Waals surface area contributed by atoms with Gasteiger partial charge in [0.15, 0.2) is 5.82 Å². The van der Waals surface area contributed by atoms with Crippen LogP contribution in [0.25, 0.3) is 0 Å². The van der Waals surface area contributed by atoms with E-state index in [2.05, 4.69) is 37.9 Å². The molecule has 1 heterocycles. The van der Waals surface area contributed by atoms with Gasteiger partial charge >= 0.3 is 0 Å². The summed E-state index contributed by atoms with van der Waals surface area (Å²) in [5.74, 6) is 0.579. The van der Waals surface area contributed by atoms with Crippen LogP contribution in [0.2, 0.25) is 0 Å². The molecule has 0 aliphatic heterocycles. The fourth-order valence-electron chi connectivity index (χ4n) is 1.47. The number of aryl methyl sites for hydroxylation is 1. The standard InChI is InChI=1S/C12H11IN4S/c1-7-2-3-8(13)6-9(7)17-12-10(11(14)18)15-4-5-16-12/h2-6H,1H3,(H2,14,18)(H,16,17). The largest absolute Gasteiger partial charge is 0.388 e. The first-order valence-electron chi connectivity index (χ1n) is 5.22. The molecule has 0 bridgehead atoms. The van der Waals surface area contributed by atoms with E-state index in [1.807, 2.05) is 25.1 Å². The molecule has 0 radical (unpaired) electrons. The third-order valence-electron chi connectivity index (χ3n) is 2.38. The lowest BCUT2D eigenvalue weighted by atomic mass is 10.2. The quantitative estimate of drug-likeness (QED) is 0.643. The normalized spacial score (nSPS) is 10.1. The number of nitrogens with one attached hydrogen (secondary N) is 1. The molecule has 0 saturated heterocycles. The number of nitrogens with two attached hydrogens (primary N) is 1. The van der Waals surface area contributed by atoms with Gasteiger partial charge in [-0.05, 0) is 47.2 Å². The molecule has 1 aromatic carbocycles. The Morgan fingerprint density at radius 3 is 2.78 bits per heavy atom. The molecule has 0 saturated carbocycles. The highest BCUT2D eigenvalue weighted by Crippen LogP contribution is 2.22. The summed E-state index contributed by atoms with van der Waals surface area (Å²) in [5.41, 5.74) is 8.22. The van der Waals surface area contributed by atoms with Gasteiger partial charge in [0, 0.05) is 21.7 Å². The fourth-order valence-corrected chi connectivity index (χ4v) is 2.11. The Morgan fingerprint density at radius 1 is 1.33 bits per heavy atom. The topological polar surface area (TPSA) is 63.8 Å². The molecule has 3 N–H and O–H groups in total. The smallest absolute Gasteiger partial charge is 0.159 e. The van der Waals surface area contributed by atoms with Crippen LogP contribution in [0.4, 0.5) is 11.5 Å². The first-order valence-corrected chi connectivity index (χ1v) is 6.70. The molecule has 2 rings (SSSR count). The van der Waals surface area contributed by atoms with Gasteiger partial charge in [0.05, 0.1) is 0 Å². The lowest BCUT2D eigenvalue weighted by Crippen LogP contribution is -2.15. The molecule has 92 valence electrons. The summed E-state index contributed by atoms with van der Waals surface area (Å²) in [4.78, 5) is 8.59. The zero-order valence-corrected chi connectivity index (χ0v) is 12.6. The highest BCUT2D eigenvalue weighted by molar-refractivity contribution is 14.1. The summed E-state index contributed by atoms with van der Waals surface area (Å²) in [6, 6.07) is 6.13. The summed E-state index contributed by atoms with van der Waals surface area (Å²) in [6.45, 7) is 2.02. The first-order chi connectivity index (χ1) is 8.58. The van der Waals surface area contributed by atoms with Crippen LogP contribution in [-0.2, 0) is 0 Å². The second kappa shape index (κ2) is 5.57. The van der Waals surface area contributed by atoms with Gasteiger partial charge in [-0.3, -0.25) is 0 Å². The van der Waals surface area contributed by atoms with Crippen molar-refractivity contribution in [2.45, 2.75) is 6.92 Å². The van der Waals surface area contributed by atoms with E-state index < -0.39 is 0 Å². The minimum atomic E-state index is 0.230. The van der Waals surface area contributed by atoms with Crippen LogP contribution < -0.4 is 11.1 Å². The minimum absolute atomic E-state index is 0.230. The van der Waals surface area contributed by atoms with E-state index in [0.717, 1.165) is 14.8 Å². The van der Waals surface area contributed by atoms with Crippen LogP contribution in [0.5, 0.6) is 0 Å². The second-order valence-corrected chi connectivity index (χ2v) is 5.39. The average Bonchev–Trinajstić information content (AvgIpc) is 2.34. The van der Waals surface area contributed by atoms with Crippen molar-refractivity contribution in [2.24, 2.45) is 5.73 Å². The van der Waals surface area contributed by atoms with Gasteiger partial charge in [-0.2, -0.15) is 0 Å². The Morgan fingerprint density at radius 2 is 2.06 bits per heavy atom. The van der Waals surface area contributed by atoms with Crippen molar-refractivity contribution < 1.29 is 0 Å². The van der Waals surface area contributed by atoms with Crippen LogP contribution in [-0.4, -0.2) is 15.0 Å². The summed E-state index contributed by atoms with van der Waals surface area (Å²) in [7, 11) is 0. The third kappa shape index (κ3) is 2.94. The minimum Gasteiger partial charge on any atom is -0.388 e. The molecule has 0 atom stereocenters. The van der Waals surface area contributed by atoms with Crippen LogP contribution in [0.15, 0.2) is 30.6 Å². The van der Waals surface area contributed by atoms with Crippen molar-refractivity contribution in [1.29, 1.82) is 0 Å². The van der Waals surface area contributed by atoms with Gasteiger partial charge in [0.1, 0.15) is 10.7 Å². The molecule has 6 heteroatoms. The molecule has 18 heavy (non-hydrogen) atoms. The fraction of sp³-hybridized carbons (Fsp3) is 0.0833. The van der Waals surface area contributed by atoms with Crippen LogP contribution in [0, 0.1) is 10.5 Å². The van der Waals surface area contributed by atoms with Gasteiger partial charge in [0.2, 0.25) is 0 Å². The maximum absolute atomic E-state index is 5.62. The molecule has 0 unspecified atom stereocenters. The molecule has 4 nitrogen and oxygen atoms in total. The number of hydrogen-bond acceptors (Lipinski definition) is 4. The van der Waals surface area contributed by atoms with Crippen molar-refractivity contribution >= 4 is 51.3 Å². The summed E-state index contributed by atoms with van der Waals surface area (Å²) >= 11 is 7.22. The van der Waals surface area contributed by atoms with Crippen molar-refractivity contribution in [3.8, 4) is 0 Å². The summed E-state index contributed by atoms with van der Waals surface area (Å²) in [5, 5.41) is 3.22. The Hall–Kier alpha value is -1.28. The van der Waals surface area contributed by atoms with Gasteiger partial charge in [-0.1, -0.05) is 18.3 Å². The van der Waals surface area contributed by atoms with Gasteiger partial charge < -0.3 is 11.1 Å². The molecule has 0 fully saturated rings. The van der Waals surface area contributed by atoms with Gasteiger partial charge in [-0.25, -0.2) is 9.97 Å². The SMILES string of the molecule is Cc1ccc(I)cc1Nc1nccnc1C(N)=S. The molecular weight excluding hydrogens is 359 g/mol. The molecule has 2 aromatic rings. The monoisotopic (exact) mass is 370 g/mol. The Kier molecular flexibility index (Phi) is 4.07. The first kappa shape index (κ1) is 13.2. The Bertz CT molecular complexity index is 600. The molecular formula is C12H11IN4S. The van der Waals surface area contributed by atoms with Crippen molar-refractivity contribution in [2.75, 3.05) is 5.32 Å². The van der Waals surface area contributed by atoms with Gasteiger partial charge in [0.25, 0.3) is 0 Å². The van der Waals surface area contributed by atoms with E-state index in [1.54, 1.807) is 12.4 Å². The number of hydrogen-bond donors (Lipinski definition) is 2. The lowest BCUT2D eigenvalue weighted by Gasteiger charge is -2.11. The van der Waals surface area contributed by atoms with Crippen molar-refractivity contribution in [3.63, 3.8) is 0 Å². The number of thiocarbonyl (C=S) groups is 1. The van der Waals surface area contributed by atoms with E-state index in [-0.39, 0.29) is 4.99 Å². The highest BCUT2D eigenvalue weighted by atomic mass is 127. The number of anilines is 2. The van der Waals surface area contributed by atoms with Crippen LogP contribution >= 0.6 is 34.8 Å². The van der Waals surface area contributed by atoms with Gasteiger partial charge in [-0.15, -0.1) is 0 Å². The van der Waals surface area contributed by atoms with E-state index in [9.17, 15) is 0 Å². The number of halogens is 1. The zero-order valence-electron chi connectivity index (χ0n) is 9.64. The van der Waals surface area contributed by atoms with Crippen LogP contribution in [0.1, 0.15) is 11.3 Å². The average molecular weight is 370 g/mol. The predicted octanol–water partition coefficient (Wildman–Crippen LogP) is 2.77. The summed E-state index contributed by atoms with van der Waals surface area (Å²) < 4.78 is 1.14. The number of benzene rings is 1. The lowest BCUT2D eigenvalue weighted by molar-refractivity contribution is 1.17. The number of nitrogens with zero attached hydrogens (tertiary/aromatic N) is 2. The third-order valence-corrected chi connectivity index (χ3v) is 3.25. The Labute approximate surface area is 124 Å². The Balaban J connectivity index is 2.40. The number of rotatable bonds is 3. The molecule has 1 aromatic heterocycles. The van der Waals surface area contributed by atoms with E-state index >= 15 is 0 Å². The molecule has 0 amide bonds. The number of aromatic nitrogens is 2. The van der Waals surface area contributed by atoms with E-state index in [0.29, 0.717) is 11.5 Å². The molecule has 0 spiro atoms. The van der Waals surface area contributed by atoms with Crippen molar-refractivity contribution in [1.82, 2.24) is 9.97 Å². The zero-order chi connectivity index (χ0) is 13.1. The van der Waals surface area contributed by atoms with Crippen molar-refractivity contribution in [3.05, 3.63) is 45.4 Å². The second-order valence-electron chi connectivity index (χ2n) is 3.70. The summed E-state index contributed by atoms with van der Waals surface area (Å²) in [6.07, 6.45) is 3.18. The highest BCUT2D eigenvalue weighted by Gasteiger charge is 2.09. The molecule has 0 aliphatic rings. The maximum Gasteiger partial charge on any atom is 0.159 e.